The fourth-order valence-corrected chi connectivity index (χ4v) is 3.87. The van der Waals surface area contributed by atoms with E-state index in [0.717, 1.165) is 21.8 Å². The lowest BCUT2D eigenvalue weighted by molar-refractivity contribution is -0.131. The number of carbonyl (C=O) groups excluding carboxylic acids is 1. The van der Waals surface area contributed by atoms with Crippen LogP contribution in [0, 0.1) is 0 Å². The SMILES string of the molecule is CC(c1ccc(Cl)cc1)N(C)C(=O)Cc1csc(-c2ccccc2Cl)n1. The van der Waals surface area contributed by atoms with E-state index in [2.05, 4.69) is 4.98 Å². The summed E-state index contributed by atoms with van der Waals surface area (Å²) in [6.45, 7) is 2.00. The molecule has 1 unspecified atom stereocenters. The summed E-state index contributed by atoms with van der Waals surface area (Å²) >= 11 is 13.7. The number of hydrogen-bond acceptors (Lipinski definition) is 3. The Labute approximate surface area is 167 Å². The van der Waals surface area contributed by atoms with Crippen molar-refractivity contribution in [2.75, 3.05) is 7.05 Å². The quantitative estimate of drug-likeness (QED) is 0.531. The van der Waals surface area contributed by atoms with Crippen LogP contribution in [0.1, 0.15) is 24.2 Å². The van der Waals surface area contributed by atoms with E-state index in [0.29, 0.717) is 10.0 Å². The molecule has 0 saturated carbocycles. The van der Waals surface area contributed by atoms with Crippen LogP contribution in [-0.2, 0) is 11.2 Å². The maximum absolute atomic E-state index is 12.6. The highest BCUT2D eigenvalue weighted by Crippen LogP contribution is 2.30. The van der Waals surface area contributed by atoms with Crippen molar-refractivity contribution in [2.24, 2.45) is 0 Å². The number of amides is 1. The molecule has 0 saturated heterocycles. The molecule has 3 rings (SSSR count). The molecule has 26 heavy (non-hydrogen) atoms. The molecule has 2 aromatic carbocycles. The Balaban J connectivity index is 1.70. The Morgan fingerprint density at radius 1 is 1.15 bits per heavy atom. The fourth-order valence-electron chi connectivity index (χ4n) is 2.61. The molecule has 0 N–H and O–H groups in total. The fraction of sp³-hybridized carbons (Fsp3) is 0.200. The molecule has 0 radical (unpaired) electrons. The summed E-state index contributed by atoms with van der Waals surface area (Å²) in [5.41, 5.74) is 2.69. The van der Waals surface area contributed by atoms with Crippen molar-refractivity contribution in [1.82, 2.24) is 9.88 Å². The lowest BCUT2D eigenvalue weighted by atomic mass is 10.1. The summed E-state index contributed by atoms with van der Waals surface area (Å²) in [6, 6.07) is 15.1. The smallest absolute Gasteiger partial charge is 0.228 e. The predicted molar refractivity (Wildman–Crippen MR) is 109 cm³/mol. The van der Waals surface area contributed by atoms with Gasteiger partial charge < -0.3 is 4.90 Å². The van der Waals surface area contributed by atoms with Crippen LogP contribution in [0.2, 0.25) is 10.0 Å². The van der Waals surface area contributed by atoms with E-state index < -0.39 is 0 Å². The van der Waals surface area contributed by atoms with E-state index in [1.165, 1.54) is 11.3 Å². The van der Waals surface area contributed by atoms with Crippen molar-refractivity contribution in [1.29, 1.82) is 0 Å². The van der Waals surface area contributed by atoms with Crippen LogP contribution < -0.4 is 0 Å². The average Bonchev–Trinajstić information content (AvgIpc) is 3.09. The minimum Gasteiger partial charge on any atom is -0.339 e. The minimum absolute atomic E-state index is 0.0171. The zero-order chi connectivity index (χ0) is 18.7. The third-order valence-electron chi connectivity index (χ3n) is 4.32. The van der Waals surface area contributed by atoms with Gasteiger partial charge in [0.1, 0.15) is 5.01 Å². The minimum atomic E-state index is -0.0403. The third kappa shape index (κ3) is 4.26. The van der Waals surface area contributed by atoms with Crippen LogP contribution in [0.4, 0.5) is 0 Å². The van der Waals surface area contributed by atoms with Crippen LogP contribution in [0.25, 0.3) is 10.6 Å². The van der Waals surface area contributed by atoms with Gasteiger partial charge in [-0.1, -0.05) is 53.5 Å². The van der Waals surface area contributed by atoms with Crippen molar-refractivity contribution >= 4 is 40.4 Å². The zero-order valence-electron chi connectivity index (χ0n) is 14.4. The Hall–Kier alpha value is -1.88. The van der Waals surface area contributed by atoms with E-state index in [1.54, 1.807) is 4.90 Å². The van der Waals surface area contributed by atoms with Crippen molar-refractivity contribution in [3.63, 3.8) is 0 Å². The monoisotopic (exact) mass is 404 g/mol. The van der Waals surface area contributed by atoms with E-state index >= 15 is 0 Å². The molecule has 1 amide bonds. The summed E-state index contributed by atoms with van der Waals surface area (Å²) in [5, 5.41) is 4.08. The van der Waals surface area contributed by atoms with Crippen LogP contribution in [0.5, 0.6) is 0 Å². The molecule has 0 aliphatic carbocycles. The van der Waals surface area contributed by atoms with Gasteiger partial charge in [-0.25, -0.2) is 4.98 Å². The number of nitrogens with zero attached hydrogens (tertiary/aromatic N) is 2. The van der Waals surface area contributed by atoms with Gasteiger partial charge in [0.25, 0.3) is 0 Å². The van der Waals surface area contributed by atoms with E-state index in [-0.39, 0.29) is 18.4 Å². The lowest BCUT2D eigenvalue weighted by Crippen LogP contribution is -2.31. The summed E-state index contributed by atoms with van der Waals surface area (Å²) < 4.78 is 0. The highest BCUT2D eigenvalue weighted by atomic mass is 35.5. The van der Waals surface area contributed by atoms with Crippen LogP contribution in [-0.4, -0.2) is 22.8 Å². The molecule has 0 aliphatic heterocycles. The van der Waals surface area contributed by atoms with Crippen LogP contribution in [0.15, 0.2) is 53.9 Å². The molecule has 0 aliphatic rings. The maximum Gasteiger partial charge on any atom is 0.228 e. The first-order valence-electron chi connectivity index (χ1n) is 8.16. The van der Waals surface area contributed by atoms with E-state index in [1.807, 2.05) is 67.9 Å². The molecule has 3 aromatic rings. The molecular formula is C20H18Cl2N2OS. The third-order valence-corrected chi connectivity index (χ3v) is 5.82. The summed E-state index contributed by atoms with van der Waals surface area (Å²) in [5.74, 6) is 0.0171. The molecule has 3 nitrogen and oxygen atoms in total. The second-order valence-electron chi connectivity index (χ2n) is 6.03. The van der Waals surface area contributed by atoms with Gasteiger partial charge in [0.2, 0.25) is 5.91 Å². The molecular weight excluding hydrogens is 387 g/mol. The number of hydrogen-bond donors (Lipinski definition) is 0. The molecule has 0 spiro atoms. The molecule has 1 atom stereocenters. The molecule has 1 heterocycles. The van der Waals surface area contributed by atoms with Crippen molar-refractivity contribution in [2.45, 2.75) is 19.4 Å². The normalized spacial score (nSPS) is 12.0. The van der Waals surface area contributed by atoms with Crippen molar-refractivity contribution in [3.05, 3.63) is 75.2 Å². The number of halogens is 2. The van der Waals surface area contributed by atoms with Crippen molar-refractivity contribution < 1.29 is 4.79 Å². The summed E-state index contributed by atoms with van der Waals surface area (Å²) in [6.07, 6.45) is 0.259. The molecule has 0 bridgehead atoms. The maximum atomic E-state index is 12.6. The van der Waals surface area contributed by atoms with Gasteiger partial charge in [0.15, 0.2) is 0 Å². The lowest BCUT2D eigenvalue weighted by Gasteiger charge is -2.25. The standard InChI is InChI=1S/C20H18Cl2N2OS/c1-13(14-7-9-15(21)10-8-14)24(2)19(25)11-16-12-26-20(23-16)17-5-3-4-6-18(17)22/h3-10,12-13H,11H2,1-2H3. The highest BCUT2D eigenvalue weighted by molar-refractivity contribution is 7.13. The Kier molecular flexibility index (Phi) is 5.97. The first-order chi connectivity index (χ1) is 12.5. The number of benzene rings is 2. The van der Waals surface area contributed by atoms with Gasteiger partial charge in [-0.2, -0.15) is 0 Å². The van der Waals surface area contributed by atoms with Gasteiger partial charge >= 0.3 is 0 Å². The number of thiazole rings is 1. The van der Waals surface area contributed by atoms with E-state index in [4.69, 9.17) is 23.2 Å². The number of likely N-dealkylation sites (N-methyl/N-ethyl adjacent to an activating group) is 1. The Morgan fingerprint density at radius 3 is 2.54 bits per heavy atom. The van der Waals surface area contributed by atoms with Crippen LogP contribution in [0.3, 0.4) is 0 Å². The zero-order valence-corrected chi connectivity index (χ0v) is 16.8. The predicted octanol–water partition coefficient (Wildman–Crippen LogP) is 5.88. The largest absolute Gasteiger partial charge is 0.339 e. The Morgan fingerprint density at radius 2 is 1.85 bits per heavy atom. The number of rotatable bonds is 5. The summed E-state index contributed by atoms with van der Waals surface area (Å²) in [7, 11) is 1.81. The first-order valence-corrected chi connectivity index (χ1v) is 9.79. The van der Waals surface area contributed by atoms with Gasteiger partial charge in [-0.05, 0) is 30.7 Å². The van der Waals surface area contributed by atoms with E-state index in [9.17, 15) is 4.79 Å². The highest BCUT2D eigenvalue weighted by Gasteiger charge is 2.19. The second-order valence-corrected chi connectivity index (χ2v) is 7.73. The number of carbonyl (C=O) groups is 1. The van der Waals surface area contributed by atoms with Crippen LogP contribution >= 0.6 is 34.5 Å². The molecule has 134 valence electrons. The van der Waals surface area contributed by atoms with Gasteiger partial charge in [-0.15, -0.1) is 11.3 Å². The molecule has 0 fully saturated rings. The van der Waals surface area contributed by atoms with Gasteiger partial charge in [-0.3, -0.25) is 4.79 Å². The van der Waals surface area contributed by atoms with Gasteiger partial charge in [0, 0.05) is 23.0 Å². The Bertz CT molecular complexity index is 908. The van der Waals surface area contributed by atoms with Gasteiger partial charge in [0.05, 0.1) is 23.2 Å². The van der Waals surface area contributed by atoms with Crippen molar-refractivity contribution in [3.8, 4) is 10.6 Å². The second kappa shape index (κ2) is 8.21. The number of aromatic nitrogens is 1. The summed E-state index contributed by atoms with van der Waals surface area (Å²) in [4.78, 5) is 19.0. The average molecular weight is 405 g/mol. The molecule has 6 heteroatoms. The topological polar surface area (TPSA) is 33.2 Å². The first kappa shape index (κ1) is 18.9. The molecule has 1 aromatic heterocycles.